The molecule has 2 atom stereocenters. The number of carbonyl (C=O) groups excluding carboxylic acids is 2. The van der Waals surface area contributed by atoms with Gasteiger partial charge in [0.25, 0.3) is 0 Å². The van der Waals surface area contributed by atoms with E-state index >= 15 is 0 Å². The Hall–Kier alpha value is -3.03. The van der Waals surface area contributed by atoms with Gasteiger partial charge in [0.1, 0.15) is 19.0 Å². The van der Waals surface area contributed by atoms with Gasteiger partial charge < -0.3 is 15.2 Å². The Morgan fingerprint density at radius 3 is 2.89 bits per heavy atom. The molecule has 1 fully saturated rings. The fourth-order valence-electron chi connectivity index (χ4n) is 3.46. The van der Waals surface area contributed by atoms with Crippen molar-refractivity contribution < 1.29 is 19.1 Å². The molecule has 0 radical (unpaired) electrons. The van der Waals surface area contributed by atoms with Gasteiger partial charge in [0, 0.05) is 17.5 Å². The van der Waals surface area contributed by atoms with Crippen molar-refractivity contribution in [1.82, 2.24) is 9.78 Å². The van der Waals surface area contributed by atoms with Crippen LogP contribution in [0.5, 0.6) is 5.75 Å². The number of primary amides is 1. The predicted octanol–water partition coefficient (Wildman–Crippen LogP) is 1.95. The van der Waals surface area contributed by atoms with Crippen molar-refractivity contribution in [2.75, 3.05) is 18.1 Å². The summed E-state index contributed by atoms with van der Waals surface area (Å²) in [5.41, 5.74) is 8.15. The monoisotopic (exact) mass is 370 g/mol. The number of nitrogens with two attached hydrogens (primary N) is 1. The normalized spacial score (nSPS) is 19.6. The molecule has 2 amide bonds. The van der Waals surface area contributed by atoms with E-state index in [0.717, 1.165) is 22.6 Å². The summed E-state index contributed by atoms with van der Waals surface area (Å²) < 4.78 is 12.9. The zero-order valence-corrected chi connectivity index (χ0v) is 15.3. The van der Waals surface area contributed by atoms with Crippen LogP contribution in [0, 0.1) is 5.92 Å². The van der Waals surface area contributed by atoms with Gasteiger partial charge in [-0.15, -0.1) is 0 Å². The summed E-state index contributed by atoms with van der Waals surface area (Å²) in [5.74, 6) is 0.763. The average molecular weight is 370 g/mol. The Kier molecular flexibility index (Phi) is 4.25. The zero-order valence-electron chi connectivity index (χ0n) is 15.3. The summed E-state index contributed by atoms with van der Waals surface area (Å²) in [6.45, 7) is 5.15. The number of nitrogens with zero attached hydrogens (tertiary/aromatic N) is 3. The number of amides is 2. The van der Waals surface area contributed by atoms with Gasteiger partial charge in [-0.2, -0.15) is 5.10 Å². The van der Waals surface area contributed by atoms with Gasteiger partial charge in [-0.05, 0) is 31.0 Å². The predicted molar refractivity (Wildman–Crippen MR) is 98.5 cm³/mol. The standard InChI is InChI=1S/C19H22N4O4/c1-11(18(20)24)7-13-3-4-14-15-9-17(23-12(2)10-27-19(23)25)21-22(15)5-6-26-16(14)8-13/h3-4,8-9,11-12H,5-7,10H2,1-2H3,(H2,20,24)/t11-,12-/m1/s1. The number of fused-ring (bicyclic) bond motifs is 3. The molecule has 2 aliphatic heterocycles. The van der Waals surface area contributed by atoms with Gasteiger partial charge in [0.05, 0.1) is 18.3 Å². The lowest BCUT2D eigenvalue weighted by atomic mass is 9.98. The third-order valence-electron chi connectivity index (χ3n) is 5.01. The largest absolute Gasteiger partial charge is 0.491 e. The highest BCUT2D eigenvalue weighted by Crippen LogP contribution is 2.36. The summed E-state index contributed by atoms with van der Waals surface area (Å²) in [6.07, 6.45) is 0.191. The summed E-state index contributed by atoms with van der Waals surface area (Å²) in [5, 5.41) is 4.59. The molecule has 1 saturated heterocycles. The minimum absolute atomic E-state index is 0.0509. The Balaban J connectivity index is 1.69. The van der Waals surface area contributed by atoms with Crippen LogP contribution in [0.1, 0.15) is 19.4 Å². The third kappa shape index (κ3) is 3.11. The van der Waals surface area contributed by atoms with Crippen molar-refractivity contribution in [3.8, 4) is 17.0 Å². The van der Waals surface area contributed by atoms with E-state index in [0.29, 0.717) is 32.0 Å². The van der Waals surface area contributed by atoms with Gasteiger partial charge in [0.2, 0.25) is 5.91 Å². The average Bonchev–Trinajstić information content (AvgIpc) is 3.13. The molecule has 0 unspecified atom stereocenters. The molecule has 4 rings (SSSR count). The summed E-state index contributed by atoms with van der Waals surface area (Å²) in [6, 6.07) is 7.72. The molecule has 2 N–H and O–H groups in total. The van der Waals surface area contributed by atoms with E-state index in [1.54, 1.807) is 4.90 Å². The lowest BCUT2D eigenvalue weighted by molar-refractivity contribution is -0.121. The fourth-order valence-corrected chi connectivity index (χ4v) is 3.46. The maximum Gasteiger partial charge on any atom is 0.415 e. The zero-order chi connectivity index (χ0) is 19.1. The molecule has 8 heteroatoms. The Labute approximate surface area is 156 Å². The van der Waals surface area contributed by atoms with E-state index < -0.39 is 0 Å². The lowest BCUT2D eigenvalue weighted by Crippen LogP contribution is -2.31. The highest BCUT2D eigenvalue weighted by atomic mass is 16.6. The number of carbonyl (C=O) groups is 2. The van der Waals surface area contributed by atoms with E-state index in [-0.39, 0.29) is 24.0 Å². The van der Waals surface area contributed by atoms with Gasteiger partial charge >= 0.3 is 6.09 Å². The number of anilines is 1. The van der Waals surface area contributed by atoms with Gasteiger partial charge in [-0.1, -0.05) is 13.0 Å². The molecule has 27 heavy (non-hydrogen) atoms. The van der Waals surface area contributed by atoms with E-state index in [2.05, 4.69) is 5.10 Å². The first kappa shape index (κ1) is 17.4. The van der Waals surface area contributed by atoms with Crippen LogP contribution in [0.2, 0.25) is 0 Å². The molecule has 0 bridgehead atoms. The number of aromatic nitrogens is 2. The number of ether oxygens (including phenoxy) is 2. The highest BCUT2D eigenvalue weighted by molar-refractivity contribution is 5.90. The van der Waals surface area contributed by atoms with Crippen molar-refractivity contribution >= 4 is 17.8 Å². The smallest absolute Gasteiger partial charge is 0.415 e. The quantitative estimate of drug-likeness (QED) is 0.887. The second kappa shape index (κ2) is 6.61. The summed E-state index contributed by atoms with van der Waals surface area (Å²) in [4.78, 5) is 24.9. The maximum absolute atomic E-state index is 12.0. The number of hydrogen-bond acceptors (Lipinski definition) is 5. The number of hydrogen-bond donors (Lipinski definition) is 1. The van der Waals surface area contributed by atoms with Crippen LogP contribution < -0.4 is 15.4 Å². The van der Waals surface area contributed by atoms with Crippen molar-refractivity contribution in [3.05, 3.63) is 29.8 Å². The Bertz CT molecular complexity index is 907. The molecule has 3 heterocycles. The second-order valence-electron chi connectivity index (χ2n) is 7.09. The van der Waals surface area contributed by atoms with Crippen LogP contribution in [-0.2, 0) is 22.5 Å². The molecule has 8 nitrogen and oxygen atoms in total. The number of cyclic esters (lactones) is 1. The molecule has 1 aromatic heterocycles. The van der Waals surface area contributed by atoms with Crippen molar-refractivity contribution in [3.63, 3.8) is 0 Å². The lowest BCUT2D eigenvalue weighted by Gasteiger charge is -2.14. The maximum atomic E-state index is 12.0. The molecule has 1 aromatic carbocycles. The van der Waals surface area contributed by atoms with E-state index in [1.807, 2.05) is 42.8 Å². The topological polar surface area (TPSA) is 99.7 Å². The third-order valence-corrected chi connectivity index (χ3v) is 5.01. The van der Waals surface area contributed by atoms with Gasteiger partial charge in [0.15, 0.2) is 5.82 Å². The summed E-state index contributed by atoms with van der Waals surface area (Å²) >= 11 is 0. The van der Waals surface area contributed by atoms with Crippen molar-refractivity contribution in [2.45, 2.75) is 32.9 Å². The van der Waals surface area contributed by atoms with Crippen molar-refractivity contribution in [1.29, 1.82) is 0 Å². The first-order valence-electron chi connectivity index (χ1n) is 9.03. The molecule has 142 valence electrons. The minimum Gasteiger partial charge on any atom is -0.491 e. The van der Waals surface area contributed by atoms with E-state index in [1.165, 1.54) is 0 Å². The first-order valence-corrected chi connectivity index (χ1v) is 9.03. The minimum atomic E-state index is -0.372. The van der Waals surface area contributed by atoms with Crippen LogP contribution in [0.4, 0.5) is 10.6 Å². The Morgan fingerprint density at radius 1 is 1.37 bits per heavy atom. The SMILES string of the molecule is C[C@H](Cc1ccc2c(c1)OCCn1nc(N3C(=O)OC[C@H]3C)cc1-2)C(N)=O. The van der Waals surface area contributed by atoms with Gasteiger partial charge in [-0.25, -0.2) is 4.79 Å². The van der Waals surface area contributed by atoms with Gasteiger partial charge in [-0.3, -0.25) is 14.4 Å². The van der Waals surface area contributed by atoms with E-state index in [9.17, 15) is 9.59 Å². The van der Waals surface area contributed by atoms with Crippen LogP contribution in [0.3, 0.4) is 0 Å². The Morgan fingerprint density at radius 2 is 2.19 bits per heavy atom. The van der Waals surface area contributed by atoms with Crippen LogP contribution in [0.25, 0.3) is 11.3 Å². The molecule has 2 aliphatic rings. The first-order chi connectivity index (χ1) is 12.9. The second-order valence-corrected chi connectivity index (χ2v) is 7.09. The molecule has 2 aromatic rings. The van der Waals surface area contributed by atoms with Crippen LogP contribution in [0.15, 0.2) is 24.3 Å². The number of rotatable bonds is 4. The molecule has 0 saturated carbocycles. The van der Waals surface area contributed by atoms with Crippen molar-refractivity contribution in [2.24, 2.45) is 11.7 Å². The van der Waals surface area contributed by atoms with E-state index in [4.69, 9.17) is 15.2 Å². The van der Waals surface area contributed by atoms with Crippen LogP contribution >= 0.6 is 0 Å². The fraction of sp³-hybridized carbons (Fsp3) is 0.421. The molecule has 0 spiro atoms. The summed E-state index contributed by atoms with van der Waals surface area (Å²) in [7, 11) is 0. The van der Waals surface area contributed by atoms with Crippen LogP contribution in [-0.4, -0.2) is 41.0 Å². The molecular formula is C19H22N4O4. The highest BCUT2D eigenvalue weighted by Gasteiger charge is 2.34. The molecule has 0 aliphatic carbocycles. The molecular weight excluding hydrogens is 348 g/mol. The number of benzene rings is 1.